The van der Waals surface area contributed by atoms with E-state index in [0.717, 1.165) is 4.90 Å². The monoisotopic (exact) mass is 637 g/mol. The maximum atomic E-state index is 12.8. The minimum absolute atomic E-state index is 0.00393. The zero-order valence-electron chi connectivity index (χ0n) is 25.1. The zero-order chi connectivity index (χ0) is 33.4. The van der Waals surface area contributed by atoms with Crippen molar-refractivity contribution in [3.63, 3.8) is 0 Å². The van der Waals surface area contributed by atoms with Crippen molar-refractivity contribution in [3.05, 3.63) is 23.8 Å². The van der Waals surface area contributed by atoms with Gasteiger partial charge in [0.2, 0.25) is 29.9 Å². The van der Waals surface area contributed by atoms with E-state index >= 15 is 0 Å². The van der Waals surface area contributed by atoms with Gasteiger partial charge in [0.15, 0.2) is 6.10 Å². The Balaban J connectivity index is 1.64. The second-order valence-corrected chi connectivity index (χ2v) is 11.0. The number of nitrogens with one attached hydrogen (secondary N) is 2. The molecule has 0 saturated carbocycles. The number of hydrogen-bond donors (Lipinski definition) is 6. The van der Waals surface area contributed by atoms with Gasteiger partial charge in [0.05, 0.1) is 11.6 Å². The lowest BCUT2D eigenvalue weighted by Gasteiger charge is -2.38. The van der Waals surface area contributed by atoms with Gasteiger partial charge in [-0.3, -0.25) is 28.9 Å². The largest absolute Gasteiger partial charge is 0.479 e. The number of likely N-dealkylation sites (tertiary alicyclic amines) is 1. The van der Waals surface area contributed by atoms with Crippen molar-refractivity contribution in [1.82, 2.24) is 10.2 Å². The average molecular weight is 638 g/mol. The van der Waals surface area contributed by atoms with E-state index in [0.29, 0.717) is 12.0 Å². The molecule has 0 aliphatic carbocycles. The molecule has 6 N–H and O–H groups in total. The summed E-state index contributed by atoms with van der Waals surface area (Å²) in [5.41, 5.74) is 0.435. The summed E-state index contributed by atoms with van der Waals surface area (Å²) >= 11 is 0. The van der Waals surface area contributed by atoms with Crippen molar-refractivity contribution in [1.29, 1.82) is 0 Å². The number of rotatable bonds is 14. The number of anilines is 1. The number of aliphatic hydroxyl groups is 3. The first-order valence-electron chi connectivity index (χ1n) is 14.5. The molecular formula is C29H39N3O13. The maximum absolute atomic E-state index is 12.8. The molecule has 248 valence electrons. The van der Waals surface area contributed by atoms with E-state index in [2.05, 4.69) is 10.6 Å². The van der Waals surface area contributed by atoms with Crippen LogP contribution in [0, 0.1) is 11.8 Å². The lowest BCUT2D eigenvalue weighted by atomic mass is 9.99. The van der Waals surface area contributed by atoms with Crippen LogP contribution in [0.2, 0.25) is 0 Å². The highest BCUT2D eigenvalue weighted by molar-refractivity contribution is 6.03. The topological polar surface area (TPSA) is 238 Å². The predicted molar refractivity (Wildman–Crippen MR) is 152 cm³/mol. The van der Waals surface area contributed by atoms with Crippen LogP contribution in [0.15, 0.2) is 18.2 Å². The van der Waals surface area contributed by atoms with Crippen LogP contribution in [0.1, 0.15) is 52.0 Å². The third kappa shape index (κ3) is 9.20. The number of carbonyl (C=O) groups is 6. The molecule has 3 rings (SSSR count). The van der Waals surface area contributed by atoms with Gasteiger partial charge in [-0.25, -0.2) is 4.79 Å². The molecule has 0 radical (unpaired) electrons. The molecule has 1 aromatic carbocycles. The Morgan fingerprint density at radius 2 is 1.76 bits per heavy atom. The highest BCUT2D eigenvalue weighted by Gasteiger charge is 2.48. The maximum Gasteiger partial charge on any atom is 0.335 e. The van der Waals surface area contributed by atoms with Gasteiger partial charge in [-0.15, -0.1) is 0 Å². The summed E-state index contributed by atoms with van der Waals surface area (Å²) in [7, 11) is 0. The lowest BCUT2D eigenvalue weighted by molar-refractivity contribution is -0.271. The lowest BCUT2D eigenvalue weighted by Crippen LogP contribution is -2.61. The van der Waals surface area contributed by atoms with Gasteiger partial charge in [0.1, 0.15) is 30.7 Å². The Morgan fingerprint density at radius 3 is 2.38 bits per heavy atom. The van der Waals surface area contributed by atoms with Crippen LogP contribution in [0.25, 0.3) is 0 Å². The van der Waals surface area contributed by atoms with Crippen LogP contribution in [0.4, 0.5) is 5.69 Å². The van der Waals surface area contributed by atoms with Gasteiger partial charge in [-0.2, -0.15) is 0 Å². The number of carboxylic acid groups (broad SMARTS) is 1. The minimum Gasteiger partial charge on any atom is -0.479 e. The Kier molecular flexibility index (Phi) is 12.4. The Labute approximate surface area is 258 Å². The van der Waals surface area contributed by atoms with E-state index < -0.39 is 54.5 Å². The molecule has 1 aromatic rings. The van der Waals surface area contributed by atoms with Crippen molar-refractivity contribution in [2.75, 3.05) is 18.4 Å². The fourth-order valence-corrected chi connectivity index (χ4v) is 4.60. The molecule has 16 heteroatoms. The summed E-state index contributed by atoms with van der Waals surface area (Å²) in [5.74, 6) is -4.65. The fraction of sp³-hybridized carbons (Fsp3) is 0.586. The Morgan fingerprint density at radius 1 is 1.04 bits per heavy atom. The van der Waals surface area contributed by atoms with Crippen LogP contribution < -0.4 is 15.4 Å². The van der Waals surface area contributed by atoms with E-state index in [4.69, 9.17) is 14.2 Å². The van der Waals surface area contributed by atoms with Crippen molar-refractivity contribution in [3.8, 4) is 5.75 Å². The Bertz CT molecular complexity index is 1290. The van der Waals surface area contributed by atoms with Crippen molar-refractivity contribution in [2.45, 2.75) is 83.8 Å². The second-order valence-electron chi connectivity index (χ2n) is 11.0. The third-order valence-corrected chi connectivity index (χ3v) is 7.29. The van der Waals surface area contributed by atoms with Gasteiger partial charge >= 0.3 is 11.9 Å². The van der Waals surface area contributed by atoms with E-state index in [9.17, 15) is 49.2 Å². The quantitative estimate of drug-likeness (QED) is 0.109. The number of carbonyl (C=O) groups excluding carboxylic acids is 5. The zero-order valence-corrected chi connectivity index (χ0v) is 25.1. The molecule has 16 nitrogen and oxygen atoms in total. The number of ether oxygens (including phenoxy) is 3. The number of esters is 1. The standard InChI is InChI=1S/C29H39N3O13/c1-4-16-12-21(35)32(26(16)39)10-8-19(33)30-9-7-20(34)31-17-11-15(13-43-28(42)14(2)3)5-6-18(17)44-29-24(38)22(36)23(37)25(45-29)27(40)41/h5-6,11,14,16,22-25,29,36-38H,4,7-10,12-13H2,1-3H3,(H,30,33)(H,31,34)(H,40,41). The smallest absolute Gasteiger partial charge is 0.335 e. The van der Waals surface area contributed by atoms with Gasteiger partial charge in [-0.05, 0) is 24.1 Å². The van der Waals surface area contributed by atoms with Gasteiger partial charge in [0.25, 0.3) is 0 Å². The number of benzene rings is 1. The summed E-state index contributed by atoms with van der Waals surface area (Å²) in [6.07, 6.45) is -9.09. The molecular weight excluding hydrogens is 598 g/mol. The van der Waals surface area contributed by atoms with Crippen LogP contribution >= 0.6 is 0 Å². The normalized spacial score (nSPS) is 24.8. The van der Waals surface area contributed by atoms with E-state index in [-0.39, 0.29) is 74.0 Å². The molecule has 2 aliphatic rings. The third-order valence-electron chi connectivity index (χ3n) is 7.29. The SMILES string of the molecule is CCC1CC(=O)N(CCC(=O)NCCC(=O)Nc2cc(COC(=O)C(C)C)ccc2OC2OC(C(=O)O)C(O)C(O)C2O)C1=O. The minimum atomic E-state index is -1.94. The van der Waals surface area contributed by atoms with E-state index in [1.807, 2.05) is 6.92 Å². The first-order chi connectivity index (χ1) is 21.2. The molecule has 6 unspecified atom stereocenters. The molecule has 0 bridgehead atoms. The average Bonchev–Trinajstić information content (AvgIpc) is 3.27. The van der Waals surface area contributed by atoms with Crippen LogP contribution in [0.5, 0.6) is 5.75 Å². The second kappa shape index (κ2) is 15.7. The van der Waals surface area contributed by atoms with E-state index in [1.165, 1.54) is 18.2 Å². The fourth-order valence-electron chi connectivity index (χ4n) is 4.60. The number of aliphatic carboxylic acids is 1. The van der Waals surface area contributed by atoms with Gasteiger partial charge < -0.3 is 45.3 Å². The highest BCUT2D eigenvalue weighted by Crippen LogP contribution is 2.31. The molecule has 2 saturated heterocycles. The van der Waals surface area contributed by atoms with E-state index in [1.54, 1.807) is 13.8 Å². The molecule has 2 fully saturated rings. The molecule has 45 heavy (non-hydrogen) atoms. The van der Waals surface area contributed by atoms with Gasteiger partial charge in [0, 0.05) is 38.3 Å². The molecule has 2 heterocycles. The Hall–Kier alpha value is -4.12. The van der Waals surface area contributed by atoms with Crippen LogP contribution in [-0.4, -0.2) is 105 Å². The number of hydrogen-bond acceptors (Lipinski definition) is 12. The molecule has 0 spiro atoms. The molecule has 4 amide bonds. The summed E-state index contributed by atoms with van der Waals surface area (Å²) < 4.78 is 16.0. The van der Waals surface area contributed by atoms with Gasteiger partial charge in [-0.1, -0.05) is 26.8 Å². The van der Waals surface area contributed by atoms with Crippen molar-refractivity contribution < 1.29 is 63.4 Å². The summed E-state index contributed by atoms with van der Waals surface area (Å²) in [4.78, 5) is 73.8. The summed E-state index contributed by atoms with van der Waals surface area (Å²) in [6.45, 7) is 4.79. The molecule has 0 aromatic heterocycles. The number of nitrogens with zero attached hydrogens (tertiary/aromatic N) is 1. The predicted octanol–water partition coefficient (Wildman–Crippen LogP) is -0.723. The van der Waals surface area contributed by atoms with Crippen LogP contribution in [0.3, 0.4) is 0 Å². The number of amides is 4. The molecule has 6 atom stereocenters. The summed E-state index contributed by atoms with van der Waals surface area (Å²) in [6, 6.07) is 4.22. The first-order valence-corrected chi connectivity index (χ1v) is 14.5. The first kappa shape index (κ1) is 35.4. The highest BCUT2D eigenvalue weighted by atomic mass is 16.7. The van der Waals surface area contributed by atoms with Crippen molar-refractivity contribution >= 4 is 41.3 Å². The van der Waals surface area contributed by atoms with Crippen LogP contribution in [-0.2, 0) is 44.8 Å². The summed E-state index contributed by atoms with van der Waals surface area (Å²) in [5, 5.41) is 44.8. The number of imide groups is 1. The molecule has 2 aliphatic heterocycles. The number of carboxylic acids is 1. The van der Waals surface area contributed by atoms with Crippen molar-refractivity contribution in [2.24, 2.45) is 11.8 Å². The number of aliphatic hydroxyl groups excluding tert-OH is 3.